The second-order valence-electron chi connectivity index (χ2n) is 3.16. The van der Waals surface area contributed by atoms with E-state index in [0.29, 0.717) is 6.61 Å². The first-order chi connectivity index (χ1) is 5.75. The third-order valence-electron chi connectivity index (χ3n) is 2.34. The van der Waals surface area contributed by atoms with E-state index in [-0.39, 0.29) is 12.5 Å². The number of rotatable bonds is 3. The Balaban J connectivity index is 2.46. The lowest BCUT2D eigenvalue weighted by molar-refractivity contribution is -0.145. The highest BCUT2D eigenvalue weighted by molar-refractivity contribution is 5.70. The van der Waals surface area contributed by atoms with Gasteiger partial charge in [0.05, 0.1) is 12.5 Å². The van der Waals surface area contributed by atoms with Gasteiger partial charge < -0.3 is 15.6 Å². The van der Waals surface area contributed by atoms with Crippen LogP contribution in [-0.4, -0.2) is 30.8 Å². The number of ether oxygens (including phenoxy) is 1. The molecule has 0 saturated carbocycles. The first kappa shape index (κ1) is 9.48. The van der Waals surface area contributed by atoms with Gasteiger partial charge in [-0.3, -0.25) is 4.79 Å². The van der Waals surface area contributed by atoms with Gasteiger partial charge in [-0.15, -0.1) is 0 Å². The average molecular weight is 173 g/mol. The predicted molar refractivity (Wildman–Crippen MR) is 43.7 cm³/mol. The highest BCUT2D eigenvalue weighted by Gasteiger charge is 2.28. The topological polar surface area (TPSA) is 72.6 Å². The van der Waals surface area contributed by atoms with Crippen molar-refractivity contribution in [2.45, 2.75) is 12.8 Å². The zero-order valence-electron chi connectivity index (χ0n) is 7.03. The van der Waals surface area contributed by atoms with Crippen molar-refractivity contribution in [2.24, 2.45) is 17.6 Å². The van der Waals surface area contributed by atoms with Gasteiger partial charge in [0.1, 0.15) is 0 Å². The van der Waals surface area contributed by atoms with Crippen molar-refractivity contribution in [3.05, 3.63) is 0 Å². The first-order valence-electron chi connectivity index (χ1n) is 4.26. The number of carboxylic acids is 1. The van der Waals surface area contributed by atoms with Crippen LogP contribution in [0.3, 0.4) is 0 Å². The monoisotopic (exact) mass is 173 g/mol. The van der Waals surface area contributed by atoms with Crippen LogP contribution in [0.15, 0.2) is 0 Å². The zero-order chi connectivity index (χ0) is 8.97. The van der Waals surface area contributed by atoms with E-state index in [4.69, 9.17) is 15.6 Å². The summed E-state index contributed by atoms with van der Waals surface area (Å²) < 4.78 is 5.20. The van der Waals surface area contributed by atoms with E-state index in [9.17, 15) is 4.79 Å². The molecule has 1 aliphatic heterocycles. The number of hydrogen-bond acceptors (Lipinski definition) is 3. The molecule has 2 unspecified atom stereocenters. The maximum Gasteiger partial charge on any atom is 0.308 e. The van der Waals surface area contributed by atoms with Gasteiger partial charge in [-0.1, -0.05) is 0 Å². The summed E-state index contributed by atoms with van der Waals surface area (Å²) in [7, 11) is 0. The van der Waals surface area contributed by atoms with E-state index < -0.39 is 11.9 Å². The van der Waals surface area contributed by atoms with Gasteiger partial charge in [0.2, 0.25) is 0 Å². The minimum absolute atomic E-state index is 0.112. The molecule has 1 heterocycles. The Morgan fingerprint density at radius 2 is 2.50 bits per heavy atom. The number of carbonyl (C=O) groups is 1. The molecule has 0 aromatic rings. The molecule has 0 aromatic heterocycles. The lowest BCUT2D eigenvalue weighted by atomic mass is 9.88. The maximum absolute atomic E-state index is 10.7. The molecule has 0 radical (unpaired) electrons. The van der Waals surface area contributed by atoms with Gasteiger partial charge in [-0.2, -0.15) is 0 Å². The Morgan fingerprint density at radius 3 is 2.92 bits per heavy atom. The fourth-order valence-electron chi connectivity index (χ4n) is 1.58. The summed E-state index contributed by atoms with van der Waals surface area (Å²) in [5, 5.41) is 8.79. The van der Waals surface area contributed by atoms with E-state index in [1.54, 1.807) is 0 Å². The Kier molecular flexibility index (Phi) is 3.49. The van der Waals surface area contributed by atoms with Gasteiger partial charge in [-0.25, -0.2) is 0 Å². The Morgan fingerprint density at radius 1 is 1.75 bits per heavy atom. The Bertz CT molecular complexity index is 154. The second kappa shape index (κ2) is 4.42. The van der Waals surface area contributed by atoms with Crippen LogP contribution in [-0.2, 0) is 9.53 Å². The van der Waals surface area contributed by atoms with Crippen molar-refractivity contribution < 1.29 is 14.6 Å². The van der Waals surface area contributed by atoms with Crippen LogP contribution in [0, 0.1) is 11.8 Å². The molecule has 12 heavy (non-hydrogen) atoms. The minimum atomic E-state index is -0.798. The van der Waals surface area contributed by atoms with E-state index in [0.717, 1.165) is 19.4 Å². The molecule has 1 rings (SSSR count). The van der Waals surface area contributed by atoms with Crippen molar-refractivity contribution >= 4 is 5.97 Å². The number of hydrogen-bond donors (Lipinski definition) is 2. The van der Waals surface area contributed by atoms with Crippen LogP contribution in [0.1, 0.15) is 12.8 Å². The van der Waals surface area contributed by atoms with Crippen LogP contribution < -0.4 is 5.73 Å². The summed E-state index contributed by atoms with van der Waals surface area (Å²) in [5.41, 5.74) is 5.37. The molecule has 0 spiro atoms. The molecule has 4 nitrogen and oxygen atoms in total. The Labute approximate surface area is 71.7 Å². The smallest absolute Gasteiger partial charge is 0.308 e. The summed E-state index contributed by atoms with van der Waals surface area (Å²) in [6, 6.07) is 0. The molecule has 2 atom stereocenters. The van der Waals surface area contributed by atoms with E-state index in [1.807, 2.05) is 0 Å². The molecular formula is C8H15NO3. The lowest BCUT2D eigenvalue weighted by Crippen LogP contribution is -2.35. The van der Waals surface area contributed by atoms with E-state index >= 15 is 0 Å². The van der Waals surface area contributed by atoms with Gasteiger partial charge >= 0.3 is 5.97 Å². The summed E-state index contributed by atoms with van der Waals surface area (Å²) in [5.74, 6) is -1.11. The molecule has 1 saturated heterocycles. The molecule has 3 N–H and O–H groups in total. The van der Waals surface area contributed by atoms with Crippen LogP contribution >= 0.6 is 0 Å². The summed E-state index contributed by atoms with van der Waals surface area (Å²) in [6.07, 6.45) is 1.88. The Hall–Kier alpha value is -0.610. The van der Waals surface area contributed by atoms with Gasteiger partial charge in [0.15, 0.2) is 0 Å². The van der Waals surface area contributed by atoms with Crippen LogP contribution in [0.5, 0.6) is 0 Å². The first-order valence-corrected chi connectivity index (χ1v) is 4.26. The van der Waals surface area contributed by atoms with E-state index in [1.165, 1.54) is 0 Å². The maximum atomic E-state index is 10.7. The molecule has 1 fully saturated rings. The van der Waals surface area contributed by atoms with Crippen molar-refractivity contribution in [2.75, 3.05) is 19.8 Å². The van der Waals surface area contributed by atoms with Gasteiger partial charge in [-0.05, 0) is 18.8 Å². The molecule has 1 aliphatic rings. The third kappa shape index (κ3) is 2.19. The fourth-order valence-corrected chi connectivity index (χ4v) is 1.58. The van der Waals surface area contributed by atoms with Crippen molar-refractivity contribution in [3.8, 4) is 0 Å². The molecule has 0 amide bonds. The summed E-state index contributed by atoms with van der Waals surface area (Å²) in [6.45, 7) is 1.52. The second-order valence-corrected chi connectivity index (χ2v) is 3.16. The van der Waals surface area contributed by atoms with Gasteiger partial charge in [0, 0.05) is 13.2 Å². The fraction of sp³-hybridized carbons (Fsp3) is 0.875. The van der Waals surface area contributed by atoms with Crippen molar-refractivity contribution in [1.82, 2.24) is 0 Å². The number of aliphatic carboxylic acids is 1. The largest absolute Gasteiger partial charge is 0.481 e. The SMILES string of the molecule is NCC(C(=O)O)C1CCCOC1. The molecule has 0 bridgehead atoms. The molecular weight excluding hydrogens is 158 g/mol. The molecule has 0 aromatic carbocycles. The predicted octanol–water partition coefficient (Wildman–Crippen LogP) is 0.0725. The zero-order valence-corrected chi connectivity index (χ0v) is 7.03. The normalized spacial score (nSPS) is 26.6. The van der Waals surface area contributed by atoms with Crippen LogP contribution in [0.4, 0.5) is 0 Å². The van der Waals surface area contributed by atoms with Gasteiger partial charge in [0.25, 0.3) is 0 Å². The molecule has 0 aliphatic carbocycles. The average Bonchev–Trinajstić information content (AvgIpc) is 2.07. The van der Waals surface area contributed by atoms with Crippen LogP contribution in [0.25, 0.3) is 0 Å². The van der Waals surface area contributed by atoms with E-state index in [2.05, 4.69) is 0 Å². The number of carboxylic acid groups (broad SMARTS) is 1. The summed E-state index contributed by atoms with van der Waals surface area (Å²) in [4.78, 5) is 10.7. The number of nitrogens with two attached hydrogens (primary N) is 1. The standard InChI is InChI=1S/C8H15NO3/c9-4-7(8(10)11)6-2-1-3-12-5-6/h6-7H,1-5,9H2,(H,10,11). The highest BCUT2D eigenvalue weighted by atomic mass is 16.5. The summed E-state index contributed by atoms with van der Waals surface area (Å²) >= 11 is 0. The molecule has 4 heteroatoms. The van der Waals surface area contributed by atoms with Crippen molar-refractivity contribution in [3.63, 3.8) is 0 Å². The quantitative estimate of drug-likeness (QED) is 0.633. The third-order valence-corrected chi connectivity index (χ3v) is 2.34. The lowest BCUT2D eigenvalue weighted by Gasteiger charge is -2.26. The minimum Gasteiger partial charge on any atom is -0.481 e. The van der Waals surface area contributed by atoms with Crippen LogP contribution in [0.2, 0.25) is 0 Å². The highest BCUT2D eigenvalue weighted by Crippen LogP contribution is 2.21. The van der Waals surface area contributed by atoms with Crippen molar-refractivity contribution in [1.29, 1.82) is 0 Å². The molecule has 70 valence electrons.